The summed E-state index contributed by atoms with van der Waals surface area (Å²) in [5.74, 6) is 0. The maximum Gasteiger partial charge on any atom is 0.300 e. The maximum atomic E-state index is 11.0. The van der Waals surface area contributed by atoms with E-state index in [0.717, 1.165) is 20.6 Å². The Morgan fingerprint density at radius 2 is 1.74 bits per heavy atom. The highest BCUT2D eigenvalue weighted by Gasteiger charge is 2.20. The van der Waals surface area contributed by atoms with Gasteiger partial charge in [-0.1, -0.05) is 42.1 Å². The minimum absolute atomic E-state index is 0.107. The topological polar surface area (TPSA) is 82.1 Å². The van der Waals surface area contributed by atoms with Crippen LogP contribution in [0, 0.1) is 10.1 Å². The van der Waals surface area contributed by atoms with Gasteiger partial charge in [0.1, 0.15) is 0 Å². The van der Waals surface area contributed by atoms with Crippen molar-refractivity contribution in [3.05, 3.63) is 64.7 Å². The Hall–Kier alpha value is -2.93. The van der Waals surface area contributed by atoms with Gasteiger partial charge in [-0.2, -0.15) is 0 Å². The van der Waals surface area contributed by atoms with Gasteiger partial charge in [0.15, 0.2) is 5.52 Å². The molecule has 0 spiro atoms. The zero-order valence-electron chi connectivity index (χ0n) is 11.7. The van der Waals surface area contributed by atoms with Crippen molar-refractivity contribution in [3.63, 3.8) is 0 Å². The van der Waals surface area contributed by atoms with Crippen molar-refractivity contribution in [2.24, 2.45) is 0 Å². The number of nitrogens with zero attached hydrogens (tertiary/aromatic N) is 3. The monoisotopic (exact) mass is 323 g/mol. The SMILES string of the molecule is O=[N+]([O-])c1ccc(Sc2ccc3ccccc3c2)c2nonc12. The summed E-state index contributed by atoms with van der Waals surface area (Å²) < 4.78 is 4.69. The lowest BCUT2D eigenvalue weighted by atomic mass is 10.1. The highest BCUT2D eigenvalue weighted by molar-refractivity contribution is 7.99. The lowest BCUT2D eigenvalue weighted by molar-refractivity contribution is -0.383. The normalized spacial score (nSPS) is 11.1. The van der Waals surface area contributed by atoms with Crippen LogP contribution in [0.4, 0.5) is 5.69 Å². The van der Waals surface area contributed by atoms with Gasteiger partial charge in [0.05, 0.1) is 4.92 Å². The first-order valence-electron chi connectivity index (χ1n) is 6.79. The van der Waals surface area contributed by atoms with E-state index in [1.165, 1.54) is 17.8 Å². The zero-order chi connectivity index (χ0) is 15.8. The van der Waals surface area contributed by atoms with E-state index in [1.54, 1.807) is 6.07 Å². The number of aromatic nitrogens is 2. The van der Waals surface area contributed by atoms with Crippen LogP contribution in [0.1, 0.15) is 0 Å². The number of nitro groups is 1. The molecule has 0 fully saturated rings. The van der Waals surface area contributed by atoms with E-state index < -0.39 is 4.92 Å². The van der Waals surface area contributed by atoms with Crippen LogP contribution in [0.25, 0.3) is 21.8 Å². The van der Waals surface area contributed by atoms with Crippen LogP contribution in [0.3, 0.4) is 0 Å². The van der Waals surface area contributed by atoms with E-state index in [2.05, 4.69) is 27.1 Å². The number of hydrogen-bond acceptors (Lipinski definition) is 6. The molecule has 0 bridgehead atoms. The summed E-state index contributed by atoms with van der Waals surface area (Å²) in [7, 11) is 0. The van der Waals surface area contributed by atoms with E-state index in [9.17, 15) is 10.1 Å². The molecule has 0 unspecified atom stereocenters. The molecule has 0 saturated carbocycles. The molecule has 0 aliphatic carbocycles. The molecular formula is C16H9N3O3S. The highest BCUT2D eigenvalue weighted by atomic mass is 32.2. The average molecular weight is 323 g/mol. The first-order valence-corrected chi connectivity index (χ1v) is 7.60. The van der Waals surface area contributed by atoms with E-state index in [4.69, 9.17) is 0 Å². The number of hydrogen-bond donors (Lipinski definition) is 0. The van der Waals surface area contributed by atoms with Crippen molar-refractivity contribution in [1.82, 2.24) is 10.3 Å². The van der Waals surface area contributed by atoms with Gasteiger partial charge in [0, 0.05) is 15.9 Å². The molecule has 0 atom stereocenters. The van der Waals surface area contributed by atoms with Gasteiger partial charge in [0.2, 0.25) is 5.52 Å². The molecule has 7 heteroatoms. The van der Waals surface area contributed by atoms with Crippen LogP contribution in [0.5, 0.6) is 0 Å². The quantitative estimate of drug-likeness (QED) is 0.409. The van der Waals surface area contributed by atoms with Crippen molar-refractivity contribution in [3.8, 4) is 0 Å². The second-order valence-electron chi connectivity index (χ2n) is 4.91. The Kier molecular flexibility index (Phi) is 3.20. The number of benzene rings is 3. The van der Waals surface area contributed by atoms with Gasteiger partial charge < -0.3 is 0 Å². The first-order chi connectivity index (χ1) is 11.2. The van der Waals surface area contributed by atoms with Crippen molar-refractivity contribution in [1.29, 1.82) is 0 Å². The fraction of sp³-hybridized carbons (Fsp3) is 0. The molecule has 3 aromatic carbocycles. The standard InChI is InChI=1S/C16H9N3O3S/c20-19(21)13-7-8-14(16-15(13)17-22-18-16)23-12-6-5-10-3-1-2-4-11(10)9-12/h1-9H. The van der Waals surface area contributed by atoms with E-state index >= 15 is 0 Å². The van der Waals surface area contributed by atoms with Crippen LogP contribution in [0.15, 0.2) is 69.0 Å². The Bertz CT molecular complexity index is 1050. The smallest absolute Gasteiger partial charge is 0.258 e. The van der Waals surface area contributed by atoms with Gasteiger partial charge in [0.25, 0.3) is 0 Å². The number of fused-ring (bicyclic) bond motifs is 2. The van der Waals surface area contributed by atoms with Gasteiger partial charge in [-0.3, -0.25) is 10.1 Å². The minimum atomic E-state index is -0.489. The van der Waals surface area contributed by atoms with Crippen LogP contribution < -0.4 is 0 Å². The Morgan fingerprint density at radius 1 is 0.957 bits per heavy atom. The molecule has 112 valence electrons. The molecule has 23 heavy (non-hydrogen) atoms. The fourth-order valence-corrected chi connectivity index (χ4v) is 3.36. The lowest BCUT2D eigenvalue weighted by Crippen LogP contribution is -1.90. The first kappa shape index (κ1) is 13.7. The predicted octanol–water partition coefficient (Wildman–Crippen LogP) is 4.44. The third-order valence-electron chi connectivity index (χ3n) is 3.50. The van der Waals surface area contributed by atoms with Gasteiger partial charge in [-0.15, -0.1) is 0 Å². The molecule has 0 radical (unpaired) electrons. The van der Waals surface area contributed by atoms with E-state index in [-0.39, 0.29) is 11.2 Å². The van der Waals surface area contributed by atoms with Crippen LogP contribution in [-0.2, 0) is 0 Å². The number of nitro benzene ring substituents is 1. The predicted molar refractivity (Wildman–Crippen MR) is 86.5 cm³/mol. The Balaban J connectivity index is 1.78. The second-order valence-corrected chi connectivity index (χ2v) is 6.03. The highest BCUT2D eigenvalue weighted by Crippen LogP contribution is 2.36. The molecule has 0 aliphatic heterocycles. The Labute approximate surface area is 134 Å². The second kappa shape index (κ2) is 5.36. The number of non-ortho nitro benzene ring substituents is 1. The van der Waals surface area contributed by atoms with Gasteiger partial charge >= 0.3 is 5.69 Å². The summed E-state index contributed by atoms with van der Waals surface area (Å²) in [4.78, 5) is 12.3. The lowest BCUT2D eigenvalue weighted by Gasteiger charge is -2.04. The molecule has 0 amide bonds. The molecule has 0 aliphatic rings. The largest absolute Gasteiger partial charge is 0.300 e. The summed E-state index contributed by atoms with van der Waals surface area (Å²) in [6.45, 7) is 0. The van der Waals surface area contributed by atoms with Crippen molar-refractivity contribution >= 4 is 39.3 Å². The van der Waals surface area contributed by atoms with Crippen LogP contribution in [-0.4, -0.2) is 15.2 Å². The average Bonchev–Trinajstić information content (AvgIpc) is 3.04. The third kappa shape index (κ3) is 2.40. The molecular weight excluding hydrogens is 314 g/mol. The fourth-order valence-electron chi connectivity index (χ4n) is 2.42. The molecule has 4 rings (SSSR count). The summed E-state index contributed by atoms with van der Waals surface area (Å²) in [5, 5.41) is 20.8. The van der Waals surface area contributed by atoms with Gasteiger partial charge in [-0.25, -0.2) is 4.63 Å². The van der Waals surface area contributed by atoms with Crippen molar-refractivity contribution in [2.75, 3.05) is 0 Å². The maximum absolute atomic E-state index is 11.0. The molecule has 4 aromatic rings. The van der Waals surface area contributed by atoms with Crippen molar-refractivity contribution < 1.29 is 9.55 Å². The van der Waals surface area contributed by atoms with Gasteiger partial charge in [-0.05, 0) is 39.3 Å². The third-order valence-corrected chi connectivity index (χ3v) is 4.54. The summed E-state index contributed by atoms with van der Waals surface area (Å²) in [6.07, 6.45) is 0. The molecule has 1 heterocycles. The van der Waals surface area contributed by atoms with Crippen molar-refractivity contribution in [2.45, 2.75) is 9.79 Å². The summed E-state index contributed by atoms with van der Waals surface area (Å²) in [6, 6.07) is 17.3. The number of rotatable bonds is 3. The minimum Gasteiger partial charge on any atom is -0.258 e. The molecule has 0 N–H and O–H groups in total. The summed E-state index contributed by atoms with van der Waals surface area (Å²) in [5.41, 5.74) is 0.460. The summed E-state index contributed by atoms with van der Waals surface area (Å²) >= 11 is 1.47. The van der Waals surface area contributed by atoms with Crippen LogP contribution in [0.2, 0.25) is 0 Å². The van der Waals surface area contributed by atoms with E-state index in [0.29, 0.717) is 5.52 Å². The Morgan fingerprint density at radius 3 is 2.57 bits per heavy atom. The zero-order valence-corrected chi connectivity index (χ0v) is 12.5. The van der Waals surface area contributed by atoms with Crippen LogP contribution >= 0.6 is 11.8 Å². The van der Waals surface area contributed by atoms with E-state index in [1.807, 2.05) is 30.3 Å². The molecule has 0 saturated heterocycles. The molecule has 1 aromatic heterocycles. The molecule has 6 nitrogen and oxygen atoms in total.